The van der Waals surface area contributed by atoms with Crippen molar-refractivity contribution in [2.24, 2.45) is 5.10 Å². The first kappa shape index (κ1) is 20.0. The number of aryl methyl sites for hydroxylation is 1. The number of nitrogens with zero attached hydrogens (tertiary/aromatic N) is 1. The molecule has 0 saturated heterocycles. The SMILES string of the molecule is COc1ccc(C(=O)NN=C(C)CC(=O)Nc2ccc(C)cc2)cc1OC. The van der Waals surface area contributed by atoms with Crippen molar-refractivity contribution in [3.05, 3.63) is 53.6 Å². The van der Waals surface area contributed by atoms with Crippen LogP contribution in [0.15, 0.2) is 47.6 Å². The zero-order valence-electron chi connectivity index (χ0n) is 15.8. The molecule has 2 aromatic rings. The second kappa shape index (κ2) is 9.38. The molecule has 2 amide bonds. The lowest BCUT2D eigenvalue weighted by atomic mass is 10.2. The van der Waals surface area contributed by atoms with E-state index in [2.05, 4.69) is 15.8 Å². The molecule has 0 aromatic heterocycles. The minimum absolute atomic E-state index is 0.0695. The van der Waals surface area contributed by atoms with E-state index in [4.69, 9.17) is 9.47 Å². The molecule has 0 saturated carbocycles. The number of carbonyl (C=O) groups excluding carboxylic acids is 2. The second-order valence-corrected chi connectivity index (χ2v) is 5.95. The number of nitrogens with one attached hydrogen (secondary N) is 2. The van der Waals surface area contributed by atoms with Gasteiger partial charge in [-0.05, 0) is 44.2 Å². The lowest BCUT2D eigenvalue weighted by Gasteiger charge is -2.09. The highest BCUT2D eigenvalue weighted by Gasteiger charge is 2.11. The second-order valence-electron chi connectivity index (χ2n) is 5.95. The van der Waals surface area contributed by atoms with E-state index in [0.717, 1.165) is 5.56 Å². The Hall–Kier alpha value is -3.35. The third kappa shape index (κ3) is 5.85. The molecule has 0 radical (unpaired) electrons. The summed E-state index contributed by atoms with van der Waals surface area (Å²) in [7, 11) is 3.02. The van der Waals surface area contributed by atoms with Gasteiger partial charge in [-0.2, -0.15) is 5.10 Å². The molecular weight excluding hydrogens is 346 g/mol. The zero-order valence-corrected chi connectivity index (χ0v) is 15.8. The molecule has 7 heteroatoms. The fraction of sp³-hybridized carbons (Fsp3) is 0.250. The maximum atomic E-state index is 12.2. The monoisotopic (exact) mass is 369 g/mol. The van der Waals surface area contributed by atoms with Gasteiger partial charge in [0.15, 0.2) is 11.5 Å². The Labute approximate surface area is 158 Å². The van der Waals surface area contributed by atoms with E-state index in [1.165, 1.54) is 14.2 Å². The van der Waals surface area contributed by atoms with Gasteiger partial charge in [0.1, 0.15) is 0 Å². The zero-order chi connectivity index (χ0) is 19.8. The van der Waals surface area contributed by atoms with Crippen LogP contribution in [0.3, 0.4) is 0 Å². The summed E-state index contributed by atoms with van der Waals surface area (Å²) >= 11 is 0. The molecule has 0 unspecified atom stereocenters. The van der Waals surface area contributed by atoms with Crippen LogP contribution in [-0.2, 0) is 4.79 Å². The molecule has 142 valence electrons. The molecule has 0 aliphatic carbocycles. The van der Waals surface area contributed by atoms with E-state index in [1.54, 1.807) is 25.1 Å². The third-order valence-corrected chi connectivity index (χ3v) is 3.75. The molecule has 0 heterocycles. The molecule has 0 spiro atoms. The molecule has 0 bridgehead atoms. The van der Waals surface area contributed by atoms with Crippen LogP contribution >= 0.6 is 0 Å². The lowest BCUT2D eigenvalue weighted by Crippen LogP contribution is -2.21. The summed E-state index contributed by atoms with van der Waals surface area (Å²) < 4.78 is 10.3. The number of benzene rings is 2. The van der Waals surface area contributed by atoms with Crippen LogP contribution in [0, 0.1) is 6.92 Å². The van der Waals surface area contributed by atoms with Gasteiger partial charge in [0.2, 0.25) is 5.91 Å². The number of hydrogen-bond acceptors (Lipinski definition) is 5. The summed E-state index contributed by atoms with van der Waals surface area (Å²) in [6.07, 6.45) is 0.0695. The van der Waals surface area contributed by atoms with Crippen LogP contribution in [0.2, 0.25) is 0 Å². The van der Waals surface area contributed by atoms with Crippen molar-refractivity contribution in [2.45, 2.75) is 20.3 Å². The Kier molecular flexibility index (Phi) is 6.93. The van der Waals surface area contributed by atoms with Crippen LogP contribution in [-0.4, -0.2) is 31.7 Å². The Balaban J connectivity index is 1.93. The van der Waals surface area contributed by atoms with Gasteiger partial charge in [0.25, 0.3) is 5.91 Å². The molecule has 7 nitrogen and oxygen atoms in total. The Morgan fingerprint density at radius 3 is 2.30 bits per heavy atom. The summed E-state index contributed by atoms with van der Waals surface area (Å²) in [4.78, 5) is 24.3. The van der Waals surface area contributed by atoms with Crippen LogP contribution in [0.1, 0.15) is 29.3 Å². The summed E-state index contributed by atoms with van der Waals surface area (Å²) in [5.41, 5.74) is 5.12. The van der Waals surface area contributed by atoms with Crippen molar-refractivity contribution in [3.8, 4) is 11.5 Å². The van der Waals surface area contributed by atoms with Gasteiger partial charge in [0, 0.05) is 17.0 Å². The maximum absolute atomic E-state index is 12.2. The van der Waals surface area contributed by atoms with Gasteiger partial charge in [-0.1, -0.05) is 17.7 Å². The van der Waals surface area contributed by atoms with Gasteiger partial charge in [-0.15, -0.1) is 0 Å². The molecule has 0 aliphatic rings. The van der Waals surface area contributed by atoms with Crippen molar-refractivity contribution >= 4 is 23.2 Å². The normalized spacial score (nSPS) is 10.9. The number of hydrazone groups is 1. The smallest absolute Gasteiger partial charge is 0.271 e. The molecule has 2 rings (SSSR count). The highest BCUT2D eigenvalue weighted by Crippen LogP contribution is 2.27. The molecule has 0 fully saturated rings. The van der Waals surface area contributed by atoms with Crippen LogP contribution in [0.25, 0.3) is 0 Å². The number of amides is 2. The van der Waals surface area contributed by atoms with E-state index < -0.39 is 5.91 Å². The topological polar surface area (TPSA) is 89.0 Å². The van der Waals surface area contributed by atoms with Gasteiger partial charge in [-0.3, -0.25) is 9.59 Å². The average molecular weight is 369 g/mol. The van der Waals surface area contributed by atoms with Crippen molar-refractivity contribution in [1.29, 1.82) is 0 Å². The number of hydrogen-bond donors (Lipinski definition) is 2. The average Bonchev–Trinajstić information content (AvgIpc) is 2.67. The third-order valence-electron chi connectivity index (χ3n) is 3.75. The van der Waals surface area contributed by atoms with E-state index in [-0.39, 0.29) is 12.3 Å². The predicted molar refractivity (Wildman–Crippen MR) is 105 cm³/mol. The van der Waals surface area contributed by atoms with Crippen LogP contribution in [0.4, 0.5) is 5.69 Å². The highest BCUT2D eigenvalue weighted by atomic mass is 16.5. The van der Waals surface area contributed by atoms with Crippen molar-refractivity contribution in [1.82, 2.24) is 5.43 Å². The van der Waals surface area contributed by atoms with E-state index in [0.29, 0.717) is 28.5 Å². The Morgan fingerprint density at radius 1 is 1.00 bits per heavy atom. The summed E-state index contributed by atoms with van der Waals surface area (Å²) in [5, 5.41) is 6.76. The molecular formula is C20H23N3O4. The number of anilines is 1. The highest BCUT2D eigenvalue weighted by molar-refractivity contribution is 6.06. The van der Waals surface area contributed by atoms with E-state index in [9.17, 15) is 9.59 Å². The van der Waals surface area contributed by atoms with Crippen molar-refractivity contribution in [2.75, 3.05) is 19.5 Å². The molecule has 2 N–H and O–H groups in total. The van der Waals surface area contributed by atoms with E-state index in [1.807, 2.05) is 31.2 Å². The lowest BCUT2D eigenvalue weighted by molar-refractivity contribution is -0.115. The molecule has 0 aliphatic heterocycles. The minimum atomic E-state index is -0.408. The minimum Gasteiger partial charge on any atom is -0.493 e. The predicted octanol–water partition coefficient (Wildman–Crippen LogP) is 3.15. The summed E-state index contributed by atoms with van der Waals surface area (Å²) in [5.74, 6) is 0.361. The number of carbonyl (C=O) groups is 2. The molecule has 0 atom stereocenters. The van der Waals surface area contributed by atoms with E-state index >= 15 is 0 Å². The van der Waals surface area contributed by atoms with Crippen molar-refractivity contribution < 1.29 is 19.1 Å². The number of rotatable bonds is 7. The van der Waals surface area contributed by atoms with Gasteiger partial charge < -0.3 is 14.8 Å². The van der Waals surface area contributed by atoms with Gasteiger partial charge in [0.05, 0.1) is 20.6 Å². The largest absolute Gasteiger partial charge is 0.493 e. The van der Waals surface area contributed by atoms with Gasteiger partial charge in [-0.25, -0.2) is 5.43 Å². The summed E-state index contributed by atoms with van der Waals surface area (Å²) in [6.45, 7) is 3.65. The first-order valence-electron chi connectivity index (χ1n) is 8.35. The Bertz CT molecular complexity index is 845. The van der Waals surface area contributed by atoms with Crippen LogP contribution < -0.4 is 20.2 Å². The quantitative estimate of drug-likeness (QED) is 0.580. The summed E-state index contributed by atoms with van der Waals surface area (Å²) in [6, 6.07) is 12.3. The fourth-order valence-corrected chi connectivity index (χ4v) is 2.30. The molecule has 2 aromatic carbocycles. The van der Waals surface area contributed by atoms with Gasteiger partial charge >= 0.3 is 0 Å². The first-order valence-corrected chi connectivity index (χ1v) is 8.35. The number of methoxy groups -OCH3 is 2. The standard InChI is InChI=1S/C20H23N3O4/c1-13-5-8-16(9-6-13)21-19(24)11-14(2)22-23-20(25)15-7-10-17(26-3)18(12-15)27-4/h5-10,12H,11H2,1-4H3,(H,21,24)(H,23,25). The Morgan fingerprint density at radius 2 is 1.67 bits per heavy atom. The first-order chi connectivity index (χ1) is 12.9. The molecule has 27 heavy (non-hydrogen) atoms. The fourth-order valence-electron chi connectivity index (χ4n) is 2.30. The van der Waals surface area contributed by atoms with Crippen molar-refractivity contribution in [3.63, 3.8) is 0 Å². The van der Waals surface area contributed by atoms with Crippen LogP contribution in [0.5, 0.6) is 11.5 Å². The number of ether oxygens (including phenoxy) is 2. The maximum Gasteiger partial charge on any atom is 0.271 e.